The molecule has 0 fully saturated rings. The third-order valence-electron chi connectivity index (χ3n) is 5.47. The first-order valence-corrected chi connectivity index (χ1v) is 10.4. The molecule has 0 aliphatic rings. The number of benzene rings is 1. The van der Waals surface area contributed by atoms with Crippen molar-refractivity contribution in [1.29, 1.82) is 0 Å². The molecule has 7 heteroatoms. The molecule has 0 saturated heterocycles. The minimum Gasteiger partial charge on any atom is -0.367 e. The van der Waals surface area contributed by atoms with E-state index >= 15 is 0 Å². The van der Waals surface area contributed by atoms with Crippen LogP contribution in [0.15, 0.2) is 61.3 Å². The van der Waals surface area contributed by atoms with Gasteiger partial charge in [-0.05, 0) is 30.0 Å². The van der Waals surface area contributed by atoms with Gasteiger partial charge in [-0.25, -0.2) is 14.4 Å². The molecule has 4 aromatic heterocycles. The van der Waals surface area contributed by atoms with Gasteiger partial charge < -0.3 is 10.3 Å². The number of hydrogen-bond donors (Lipinski definition) is 2. The largest absolute Gasteiger partial charge is 0.367 e. The molecule has 4 heterocycles. The van der Waals surface area contributed by atoms with Gasteiger partial charge >= 0.3 is 0 Å². The summed E-state index contributed by atoms with van der Waals surface area (Å²) in [7, 11) is 0. The van der Waals surface area contributed by atoms with Crippen LogP contribution in [0.25, 0.3) is 27.8 Å². The maximum Gasteiger partial charge on any atom is 0.180 e. The Hall–Kier alpha value is -3.74. The fourth-order valence-corrected chi connectivity index (χ4v) is 3.90. The Kier molecular flexibility index (Phi) is 4.86. The van der Waals surface area contributed by atoms with Gasteiger partial charge in [-0.2, -0.15) is 0 Å². The van der Waals surface area contributed by atoms with E-state index in [-0.39, 0.29) is 11.7 Å². The molecule has 5 rings (SSSR count). The van der Waals surface area contributed by atoms with Gasteiger partial charge in [-0.1, -0.05) is 32.0 Å². The summed E-state index contributed by atoms with van der Waals surface area (Å²) >= 11 is 0. The Morgan fingerprint density at radius 3 is 2.87 bits per heavy atom. The zero-order valence-corrected chi connectivity index (χ0v) is 17.4. The predicted octanol–water partition coefficient (Wildman–Crippen LogP) is 5.19. The van der Waals surface area contributed by atoms with E-state index in [0.717, 1.165) is 23.3 Å². The average Bonchev–Trinajstić information content (AvgIpc) is 3.38. The van der Waals surface area contributed by atoms with Crippen molar-refractivity contribution in [3.63, 3.8) is 0 Å². The molecule has 0 amide bonds. The van der Waals surface area contributed by atoms with Crippen molar-refractivity contribution >= 4 is 22.4 Å². The summed E-state index contributed by atoms with van der Waals surface area (Å²) in [6.07, 6.45) is 9.48. The molecular weight excluding hydrogens is 391 g/mol. The van der Waals surface area contributed by atoms with Crippen LogP contribution in [-0.4, -0.2) is 30.9 Å². The number of aromatic nitrogens is 5. The molecule has 2 N–H and O–H groups in total. The smallest absolute Gasteiger partial charge is 0.180 e. The van der Waals surface area contributed by atoms with E-state index in [1.165, 1.54) is 23.2 Å². The monoisotopic (exact) mass is 414 g/mol. The van der Waals surface area contributed by atoms with Gasteiger partial charge in [0.05, 0.1) is 11.9 Å². The second kappa shape index (κ2) is 7.83. The SMILES string of the molecule is CC(C)c1cnc2c(NCCc3c[nH]c4ccccc34)nc(-c3cncc(F)c3)cn12. The lowest BCUT2D eigenvalue weighted by molar-refractivity contribution is 0.622. The van der Waals surface area contributed by atoms with Gasteiger partial charge in [0.15, 0.2) is 11.5 Å². The van der Waals surface area contributed by atoms with Gasteiger partial charge in [0, 0.05) is 53.5 Å². The molecule has 0 aliphatic carbocycles. The zero-order chi connectivity index (χ0) is 21.4. The van der Waals surface area contributed by atoms with Crippen LogP contribution >= 0.6 is 0 Å². The zero-order valence-electron chi connectivity index (χ0n) is 17.4. The second-order valence-electron chi connectivity index (χ2n) is 7.93. The van der Waals surface area contributed by atoms with Gasteiger partial charge in [0.1, 0.15) is 5.82 Å². The number of pyridine rings is 1. The number of nitrogens with one attached hydrogen (secondary N) is 2. The highest BCUT2D eigenvalue weighted by atomic mass is 19.1. The molecule has 0 aliphatic heterocycles. The van der Waals surface area contributed by atoms with E-state index in [9.17, 15) is 4.39 Å². The summed E-state index contributed by atoms with van der Waals surface area (Å²) in [5.74, 6) is 0.575. The molecule has 0 atom stereocenters. The fraction of sp³-hybridized carbons (Fsp3) is 0.208. The van der Waals surface area contributed by atoms with Gasteiger partial charge in [0.2, 0.25) is 0 Å². The maximum atomic E-state index is 13.8. The van der Waals surface area contributed by atoms with E-state index in [2.05, 4.69) is 52.4 Å². The van der Waals surface area contributed by atoms with Crippen LogP contribution in [0.5, 0.6) is 0 Å². The van der Waals surface area contributed by atoms with E-state index in [1.54, 1.807) is 6.20 Å². The Labute approximate surface area is 179 Å². The summed E-state index contributed by atoms with van der Waals surface area (Å²) in [4.78, 5) is 16.6. The molecule has 31 heavy (non-hydrogen) atoms. The number of fused-ring (bicyclic) bond motifs is 2. The normalized spacial score (nSPS) is 11.6. The Morgan fingerprint density at radius 2 is 2.03 bits per heavy atom. The molecule has 0 radical (unpaired) electrons. The minimum absolute atomic E-state index is 0.287. The summed E-state index contributed by atoms with van der Waals surface area (Å²) in [5.41, 5.74) is 5.49. The van der Waals surface area contributed by atoms with E-state index in [1.807, 2.05) is 28.9 Å². The molecular formula is C24H23FN6. The standard InChI is InChI=1S/C24H23FN6/c1-15(2)22-13-29-24-23(27-8-7-16-11-28-20-6-4-3-5-19(16)20)30-21(14-31(22)24)17-9-18(25)12-26-10-17/h3-6,9-15,28H,7-8H2,1-2H3,(H,27,30). The average molecular weight is 414 g/mol. The minimum atomic E-state index is -0.386. The summed E-state index contributed by atoms with van der Waals surface area (Å²) in [6.45, 7) is 4.94. The molecule has 6 nitrogen and oxygen atoms in total. The lowest BCUT2D eigenvalue weighted by Gasteiger charge is -2.12. The van der Waals surface area contributed by atoms with Crippen molar-refractivity contribution in [2.75, 3.05) is 11.9 Å². The topological polar surface area (TPSA) is 70.9 Å². The maximum absolute atomic E-state index is 13.8. The number of hydrogen-bond acceptors (Lipinski definition) is 4. The number of para-hydroxylation sites is 1. The van der Waals surface area contributed by atoms with Crippen molar-refractivity contribution in [3.8, 4) is 11.3 Å². The first kappa shape index (κ1) is 19.2. The lowest BCUT2D eigenvalue weighted by Crippen LogP contribution is -2.09. The summed E-state index contributed by atoms with van der Waals surface area (Å²) in [5, 5.41) is 4.67. The third kappa shape index (κ3) is 3.63. The molecule has 0 saturated carbocycles. The fourth-order valence-electron chi connectivity index (χ4n) is 3.90. The highest BCUT2D eigenvalue weighted by molar-refractivity contribution is 5.83. The number of H-pyrrole nitrogens is 1. The number of nitrogens with zero attached hydrogens (tertiary/aromatic N) is 4. The highest BCUT2D eigenvalue weighted by Crippen LogP contribution is 2.26. The number of halogens is 1. The lowest BCUT2D eigenvalue weighted by atomic mass is 10.1. The molecule has 0 bridgehead atoms. The van der Waals surface area contributed by atoms with Crippen molar-refractivity contribution < 1.29 is 4.39 Å². The van der Waals surface area contributed by atoms with Gasteiger partial charge in [-0.3, -0.25) is 9.38 Å². The van der Waals surface area contributed by atoms with E-state index < -0.39 is 0 Å². The first-order valence-electron chi connectivity index (χ1n) is 10.4. The van der Waals surface area contributed by atoms with Crippen LogP contribution in [0, 0.1) is 5.82 Å². The van der Waals surface area contributed by atoms with E-state index in [0.29, 0.717) is 23.6 Å². The number of anilines is 1. The predicted molar refractivity (Wildman–Crippen MR) is 121 cm³/mol. The van der Waals surface area contributed by atoms with Crippen molar-refractivity contribution in [2.24, 2.45) is 0 Å². The van der Waals surface area contributed by atoms with Crippen LogP contribution in [-0.2, 0) is 6.42 Å². The molecule has 1 aromatic carbocycles. The Balaban J connectivity index is 1.49. The highest BCUT2D eigenvalue weighted by Gasteiger charge is 2.15. The quantitative estimate of drug-likeness (QED) is 0.401. The van der Waals surface area contributed by atoms with Crippen molar-refractivity contribution in [3.05, 3.63) is 78.4 Å². The first-order chi connectivity index (χ1) is 15.1. The number of aromatic amines is 1. The van der Waals surface area contributed by atoms with Crippen LogP contribution in [0.4, 0.5) is 10.2 Å². The molecule has 5 aromatic rings. The summed E-state index contributed by atoms with van der Waals surface area (Å²) < 4.78 is 15.8. The van der Waals surface area contributed by atoms with Crippen LogP contribution in [0.1, 0.15) is 31.0 Å². The van der Waals surface area contributed by atoms with Crippen LogP contribution in [0.2, 0.25) is 0 Å². The Morgan fingerprint density at radius 1 is 1.16 bits per heavy atom. The molecule has 156 valence electrons. The number of rotatable bonds is 6. The van der Waals surface area contributed by atoms with Crippen molar-refractivity contribution in [2.45, 2.75) is 26.2 Å². The van der Waals surface area contributed by atoms with Crippen LogP contribution in [0.3, 0.4) is 0 Å². The van der Waals surface area contributed by atoms with E-state index in [4.69, 9.17) is 4.98 Å². The molecule has 0 spiro atoms. The third-order valence-corrected chi connectivity index (χ3v) is 5.47. The van der Waals surface area contributed by atoms with Crippen molar-refractivity contribution in [1.82, 2.24) is 24.3 Å². The Bertz CT molecular complexity index is 1370. The van der Waals surface area contributed by atoms with Gasteiger partial charge in [-0.15, -0.1) is 0 Å². The summed E-state index contributed by atoms with van der Waals surface area (Å²) in [6, 6.07) is 9.72. The number of imidazole rings is 1. The van der Waals surface area contributed by atoms with Gasteiger partial charge in [0.25, 0.3) is 0 Å². The van der Waals surface area contributed by atoms with Crippen LogP contribution < -0.4 is 5.32 Å². The second-order valence-corrected chi connectivity index (χ2v) is 7.93. The molecule has 0 unspecified atom stereocenters.